The van der Waals surface area contributed by atoms with Crippen LogP contribution in [0.15, 0.2) is 109 Å². The van der Waals surface area contributed by atoms with E-state index < -0.39 is 0 Å². The summed E-state index contributed by atoms with van der Waals surface area (Å²) in [7, 11) is 0. The fraction of sp³-hybridized carbons (Fsp3) is 0.390. The maximum Gasteiger partial charge on any atom is 0.131 e. The fourth-order valence-corrected chi connectivity index (χ4v) is 8.08. The van der Waals surface area contributed by atoms with Crippen molar-refractivity contribution in [3.63, 3.8) is 0 Å². The molecule has 0 radical (unpaired) electrons. The number of aryl methyl sites for hydroxylation is 2. The van der Waals surface area contributed by atoms with E-state index in [9.17, 15) is 10.2 Å². The highest BCUT2D eigenvalue weighted by molar-refractivity contribution is 5.87. The van der Waals surface area contributed by atoms with Gasteiger partial charge in [0.2, 0.25) is 0 Å². The van der Waals surface area contributed by atoms with E-state index in [0.29, 0.717) is 13.2 Å². The lowest BCUT2D eigenvalue weighted by molar-refractivity contribution is 0.280. The van der Waals surface area contributed by atoms with Crippen molar-refractivity contribution in [3.05, 3.63) is 143 Å². The molecule has 6 aromatic carbocycles. The van der Waals surface area contributed by atoms with Crippen molar-refractivity contribution in [2.45, 2.75) is 138 Å². The van der Waals surface area contributed by atoms with Gasteiger partial charge in [-0.05, 0) is 136 Å². The van der Waals surface area contributed by atoms with Crippen LogP contribution in [-0.2, 0) is 21.7 Å². The van der Waals surface area contributed by atoms with Crippen LogP contribution in [0.25, 0.3) is 44.5 Å². The number of rotatable bonds is 12. The second-order valence-corrected chi connectivity index (χ2v) is 21.8. The van der Waals surface area contributed by atoms with Crippen LogP contribution in [0.3, 0.4) is 0 Å². The van der Waals surface area contributed by atoms with E-state index >= 15 is 0 Å². The molecule has 0 aliphatic heterocycles. The SMILES string of the molecule is Cc1cc(-c2cc(C(C)(C)C)cc(C(C)(C)C)c2)c(O)c(-c2ccccc2OCCCCCOc2ccccc2-c2cc(C)cc(-c3cc(C(C)(C)C)cc(C(C)(C)C)c3)c2O)c1. The van der Waals surface area contributed by atoms with E-state index in [1.165, 1.54) is 22.3 Å². The molecular formula is C59H72O4. The molecule has 0 fully saturated rings. The summed E-state index contributed by atoms with van der Waals surface area (Å²) in [6, 6.07) is 37.9. The molecule has 0 aliphatic rings. The van der Waals surface area contributed by atoms with E-state index in [1.807, 2.05) is 48.5 Å². The average molecular weight is 845 g/mol. The molecule has 0 aliphatic carbocycles. The van der Waals surface area contributed by atoms with Gasteiger partial charge < -0.3 is 19.7 Å². The van der Waals surface area contributed by atoms with Crippen molar-refractivity contribution >= 4 is 0 Å². The van der Waals surface area contributed by atoms with Crippen molar-refractivity contribution in [1.29, 1.82) is 0 Å². The van der Waals surface area contributed by atoms with E-state index in [-0.39, 0.29) is 33.2 Å². The second kappa shape index (κ2) is 18.3. The van der Waals surface area contributed by atoms with Gasteiger partial charge in [0.15, 0.2) is 0 Å². The number of phenols is 2. The summed E-state index contributed by atoms with van der Waals surface area (Å²) in [6.07, 6.45) is 2.63. The Morgan fingerprint density at radius 2 is 0.667 bits per heavy atom. The molecule has 0 saturated heterocycles. The molecule has 63 heavy (non-hydrogen) atoms. The van der Waals surface area contributed by atoms with Gasteiger partial charge in [0.05, 0.1) is 13.2 Å². The molecule has 0 amide bonds. The van der Waals surface area contributed by atoms with E-state index in [0.717, 1.165) is 86.4 Å². The van der Waals surface area contributed by atoms with Crippen LogP contribution in [0.2, 0.25) is 0 Å². The number of aromatic hydroxyl groups is 2. The number of para-hydroxylation sites is 2. The maximum atomic E-state index is 12.0. The minimum Gasteiger partial charge on any atom is -0.507 e. The first-order chi connectivity index (χ1) is 29.4. The number of unbranched alkanes of at least 4 members (excludes halogenated alkanes) is 2. The summed E-state index contributed by atoms with van der Waals surface area (Å²) >= 11 is 0. The van der Waals surface area contributed by atoms with Crippen LogP contribution < -0.4 is 9.47 Å². The Bertz CT molecular complexity index is 2320. The lowest BCUT2D eigenvalue weighted by Gasteiger charge is -2.26. The van der Waals surface area contributed by atoms with E-state index in [4.69, 9.17) is 9.47 Å². The van der Waals surface area contributed by atoms with Gasteiger partial charge in [-0.3, -0.25) is 0 Å². The van der Waals surface area contributed by atoms with Gasteiger partial charge in [-0.15, -0.1) is 0 Å². The standard InChI is InChI=1S/C59H72O4/c1-38-28-48(40-32-42(56(3,4)5)36-43(33-40)57(6,7)8)54(60)50(30-38)46-22-16-18-24-52(46)62-26-20-15-21-27-63-53-25-19-17-23-47(53)51-31-39(2)29-49(55(51)61)41-34-44(58(9,10)11)37-45(35-41)59(12,13)14/h16-19,22-25,28-37,60-61H,15,20-21,26-27H2,1-14H3. The molecule has 2 N–H and O–H groups in total. The summed E-state index contributed by atoms with van der Waals surface area (Å²) in [6.45, 7) is 32.1. The van der Waals surface area contributed by atoms with E-state index in [2.05, 4.69) is 158 Å². The molecule has 0 saturated carbocycles. The lowest BCUT2D eigenvalue weighted by atomic mass is 9.78. The summed E-state index contributed by atoms with van der Waals surface area (Å²) in [4.78, 5) is 0. The zero-order valence-corrected chi connectivity index (χ0v) is 40.6. The molecule has 0 aromatic heterocycles. The summed E-state index contributed by atoms with van der Waals surface area (Å²) in [5, 5.41) is 23.9. The number of ether oxygens (including phenoxy) is 2. The molecule has 0 spiro atoms. The first-order valence-electron chi connectivity index (χ1n) is 22.9. The monoisotopic (exact) mass is 845 g/mol. The predicted molar refractivity (Wildman–Crippen MR) is 267 cm³/mol. The number of phenolic OH excluding ortho intramolecular Hbond substituents is 2. The third kappa shape index (κ3) is 11.2. The third-order valence-corrected chi connectivity index (χ3v) is 12.1. The van der Waals surface area contributed by atoms with Crippen molar-refractivity contribution in [2.24, 2.45) is 0 Å². The van der Waals surface area contributed by atoms with Gasteiger partial charge in [-0.1, -0.05) is 156 Å². The number of benzene rings is 6. The first kappa shape index (κ1) is 47.0. The molecule has 0 atom stereocenters. The van der Waals surface area contributed by atoms with Crippen molar-refractivity contribution in [3.8, 4) is 67.5 Å². The van der Waals surface area contributed by atoms with Gasteiger partial charge >= 0.3 is 0 Å². The lowest BCUT2D eigenvalue weighted by Crippen LogP contribution is -2.16. The number of hydrogen-bond donors (Lipinski definition) is 2. The Balaban J connectivity index is 1.14. The molecule has 0 unspecified atom stereocenters. The summed E-state index contributed by atoms with van der Waals surface area (Å²) in [5.74, 6) is 2.04. The minimum atomic E-state index is -0.0393. The van der Waals surface area contributed by atoms with Crippen molar-refractivity contribution in [2.75, 3.05) is 13.2 Å². The summed E-state index contributed by atoms with van der Waals surface area (Å²) < 4.78 is 12.9. The Hall–Kier alpha value is -5.48. The van der Waals surface area contributed by atoms with Gasteiger partial charge in [0.25, 0.3) is 0 Å². The van der Waals surface area contributed by atoms with Crippen LogP contribution in [0.4, 0.5) is 0 Å². The van der Waals surface area contributed by atoms with Crippen LogP contribution in [0.5, 0.6) is 23.0 Å². The Labute approximate surface area is 379 Å². The Kier molecular flexibility index (Phi) is 13.7. The van der Waals surface area contributed by atoms with Gasteiger partial charge in [0, 0.05) is 33.4 Å². The molecule has 4 nitrogen and oxygen atoms in total. The molecule has 0 heterocycles. The maximum absolute atomic E-state index is 12.0. The zero-order chi connectivity index (χ0) is 46.1. The minimum absolute atomic E-state index is 0.0393. The Morgan fingerprint density at radius 1 is 0.365 bits per heavy atom. The number of hydrogen-bond acceptors (Lipinski definition) is 4. The quantitative estimate of drug-likeness (QED) is 0.121. The van der Waals surface area contributed by atoms with Crippen molar-refractivity contribution in [1.82, 2.24) is 0 Å². The van der Waals surface area contributed by atoms with Gasteiger partial charge in [-0.25, -0.2) is 0 Å². The molecule has 6 rings (SSSR count). The third-order valence-electron chi connectivity index (χ3n) is 12.1. The summed E-state index contributed by atoms with van der Waals surface area (Å²) in [5.41, 5.74) is 14.0. The average Bonchev–Trinajstić information content (AvgIpc) is 3.20. The van der Waals surface area contributed by atoms with E-state index in [1.54, 1.807) is 0 Å². The fourth-order valence-electron chi connectivity index (χ4n) is 8.08. The first-order valence-corrected chi connectivity index (χ1v) is 22.9. The van der Waals surface area contributed by atoms with Gasteiger partial charge in [-0.2, -0.15) is 0 Å². The highest BCUT2D eigenvalue weighted by Gasteiger charge is 2.25. The van der Waals surface area contributed by atoms with Gasteiger partial charge in [0.1, 0.15) is 23.0 Å². The Morgan fingerprint density at radius 3 is 0.984 bits per heavy atom. The molecule has 0 bridgehead atoms. The van der Waals surface area contributed by atoms with Crippen LogP contribution in [-0.4, -0.2) is 23.4 Å². The highest BCUT2D eigenvalue weighted by Crippen LogP contribution is 2.46. The van der Waals surface area contributed by atoms with Crippen LogP contribution in [0, 0.1) is 13.8 Å². The van der Waals surface area contributed by atoms with Crippen LogP contribution in [0.1, 0.15) is 136 Å². The largest absolute Gasteiger partial charge is 0.507 e. The molecule has 6 aromatic rings. The molecular weight excluding hydrogens is 773 g/mol. The predicted octanol–water partition coefficient (Wildman–Crippen LogP) is 16.2. The highest BCUT2D eigenvalue weighted by atomic mass is 16.5. The normalized spacial score (nSPS) is 12.4. The molecule has 332 valence electrons. The smallest absolute Gasteiger partial charge is 0.131 e. The topological polar surface area (TPSA) is 58.9 Å². The zero-order valence-electron chi connectivity index (χ0n) is 40.6. The molecule has 4 heteroatoms. The van der Waals surface area contributed by atoms with Crippen LogP contribution >= 0.6 is 0 Å². The second-order valence-electron chi connectivity index (χ2n) is 21.8. The van der Waals surface area contributed by atoms with Crippen molar-refractivity contribution < 1.29 is 19.7 Å².